The van der Waals surface area contributed by atoms with Crippen LogP contribution in [0.2, 0.25) is 0 Å². The Morgan fingerprint density at radius 3 is 2.04 bits per heavy atom. The van der Waals surface area contributed by atoms with Gasteiger partial charge >= 0.3 is 0 Å². The van der Waals surface area contributed by atoms with Crippen molar-refractivity contribution in [1.82, 2.24) is 10.2 Å². The smallest absolute Gasteiger partial charge is 0.253 e. The van der Waals surface area contributed by atoms with E-state index in [9.17, 15) is 9.59 Å². The molecule has 0 atom stereocenters. The maximum absolute atomic E-state index is 12.7. The van der Waals surface area contributed by atoms with Crippen molar-refractivity contribution >= 4 is 11.8 Å². The van der Waals surface area contributed by atoms with Crippen molar-refractivity contribution in [3.05, 3.63) is 60.2 Å². The van der Waals surface area contributed by atoms with E-state index < -0.39 is 0 Å². The summed E-state index contributed by atoms with van der Waals surface area (Å²) in [5.41, 5.74) is 2.97. The number of likely N-dealkylation sites (tertiary alicyclic amines) is 1. The predicted octanol–water partition coefficient (Wildman–Crippen LogP) is 3.48. The molecule has 134 valence electrons. The number of hydrogen-bond acceptors (Lipinski definition) is 2. The first kappa shape index (κ1) is 16.8. The third kappa shape index (κ3) is 3.79. The van der Waals surface area contributed by atoms with E-state index in [1.807, 2.05) is 47.4 Å². The number of amides is 2. The molecule has 2 aromatic carbocycles. The minimum Gasteiger partial charge on any atom is -0.353 e. The summed E-state index contributed by atoms with van der Waals surface area (Å²) < 4.78 is 0. The first-order chi connectivity index (χ1) is 12.7. The molecule has 4 nitrogen and oxygen atoms in total. The zero-order chi connectivity index (χ0) is 17.9. The summed E-state index contributed by atoms with van der Waals surface area (Å²) in [6.45, 7) is 1.31. The molecule has 1 N–H and O–H groups in total. The topological polar surface area (TPSA) is 49.4 Å². The van der Waals surface area contributed by atoms with Crippen molar-refractivity contribution in [2.75, 3.05) is 13.1 Å². The molecule has 0 aromatic heterocycles. The number of nitrogens with one attached hydrogen (secondary N) is 1. The maximum Gasteiger partial charge on any atom is 0.253 e. The number of benzene rings is 2. The summed E-state index contributed by atoms with van der Waals surface area (Å²) in [6, 6.07) is 18.4. The number of hydrogen-bond donors (Lipinski definition) is 1. The number of rotatable bonds is 4. The van der Waals surface area contributed by atoms with Crippen molar-refractivity contribution in [3.8, 4) is 11.1 Å². The molecule has 1 aliphatic carbocycles. The fourth-order valence-corrected chi connectivity index (χ4v) is 3.51. The average molecular weight is 348 g/mol. The zero-order valence-electron chi connectivity index (χ0n) is 14.9. The van der Waals surface area contributed by atoms with Gasteiger partial charge < -0.3 is 10.2 Å². The second kappa shape index (κ2) is 7.32. The molecule has 2 fully saturated rings. The van der Waals surface area contributed by atoms with Crippen LogP contribution in [0.15, 0.2) is 54.6 Å². The maximum atomic E-state index is 12.7. The van der Waals surface area contributed by atoms with E-state index in [1.165, 1.54) is 0 Å². The fraction of sp³-hybridized carbons (Fsp3) is 0.364. The summed E-state index contributed by atoms with van der Waals surface area (Å²) in [5.74, 6) is 0.289. The molecule has 0 spiro atoms. The van der Waals surface area contributed by atoms with Crippen LogP contribution >= 0.6 is 0 Å². The third-order valence-corrected chi connectivity index (χ3v) is 5.32. The Morgan fingerprint density at radius 2 is 1.42 bits per heavy atom. The van der Waals surface area contributed by atoms with Gasteiger partial charge in [0.25, 0.3) is 5.91 Å². The molecule has 2 aromatic rings. The molecule has 1 saturated heterocycles. The molecular weight excluding hydrogens is 324 g/mol. The first-order valence-electron chi connectivity index (χ1n) is 9.46. The molecule has 1 saturated carbocycles. The first-order valence-corrected chi connectivity index (χ1v) is 9.46. The lowest BCUT2D eigenvalue weighted by molar-refractivity contribution is -0.126. The Morgan fingerprint density at radius 1 is 0.808 bits per heavy atom. The lowest BCUT2D eigenvalue weighted by atomic mass is 9.95. The molecule has 2 amide bonds. The monoisotopic (exact) mass is 348 g/mol. The van der Waals surface area contributed by atoms with Crippen LogP contribution in [0, 0.1) is 5.92 Å². The number of carbonyl (C=O) groups excluding carboxylic acids is 2. The van der Waals surface area contributed by atoms with E-state index in [1.54, 1.807) is 0 Å². The molecule has 1 heterocycles. The van der Waals surface area contributed by atoms with Crippen LogP contribution in [-0.2, 0) is 4.79 Å². The SMILES string of the molecule is O=C(NC1CC1)C1CCN(C(=O)c2ccc(-c3ccccc3)cc2)CC1. The van der Waals surface area contributed by atoms with Crippen LogP contribution in [0.5, 0.6) is 0 Å². The minimum atomic E-state index is 0.0557. The summed E-state index contributed by atoms with van der Waals surface area (Å²) in [7, 11) is 0. The highest BCUT2D eigenvalue weighted by molar-refractivity contribution is 5.95. The van der Waals surface area contributed by atoms with Gasteiger partial charge in [-0.1, -0.05) is 42.5 Å². The van der Waals surface area contributed by atoms with Gasteiger partial charge in [-0.15, -0.1) is 0 Å². The van der Waals surface area contributed by atoms with Crippen LogP contribution < -0.4 is 5.32 Å². The highest BCUT2D eigenvalue weighted by Crippen LogP contribution is 2.24. The van der Waals surface area contributed by atoms with E-state index in [0.717, 1.165) is 36.8 Å². The van der Waals surface area contributed by atoms with Crippen LogP contribution in [0.3, 0.4) is 0 Å². The standard InChI is InChI=1S/C22H24N2O2/c25-21(23-20-10-11-20)18-12-14-24(15-13-18)22(26)19-8-6-17(7-9-19)16-4-2-1-3-5-16/h1-9,18,20H,10-15H2,(H,23,25). The molecular formula is C22H24N2O2. The van der Waals surface area contributed by atoms with Gasteiger partial charge in [-0.2, -0.15) is 0 Å². The van der Waals surface area contributed by atoms with Gasteiger partial charge in [-0.05, 0) is 48.9 Å². The molecule has 0 unspecified atom stereocenters. The quantitative estimate of drug-likeness (QED) is 0.919. The summed E-state index contributed by atoms with van der Waals surface area (Å²) in [5, 5.41) is 3.08. The van der Waals surface area contributed by atoms with E-state index >= 15 is 0 Å². The Bertz CT molecular complexity index is 774. The normalized spacial score (nSPS) is 17.8. The largest absolute Gasteiger partial charge is 0.353 e. The number of nitrogens with zero attached hydrogens (tertiary/aromatic N) is 1. The molecule has 1 aliphatic heterocycles. The van der Waals surface area contributed by atoms with Crippen molar-refractivity contribution < 1.29 is 9.59 Å². The van der Waals surface area contributed by atoms with Gasteiger partial charge in [-0.3, -0.25) is 9.59 Å². The molecule has 2 aliphatic rings. The number of carbonyl (C=O) groups is 2. The Balaban J connectivity index is 1.35. The van der Waals surface area contributed by atoms with Crippen LogP contribution in [0.4, 0.5) is 0 Å². The number of piperidine rings is 1. The highest BCUT2D eigenvalue weighted by Gasteiger charge is 2.31. The van der Waals surface area contributed by atoms with Gasteiger partial charge in [0.05, 0.1) is 0 Å². The molecule has 0 radical (unpaired) electrons. The summed E-state index contributed by atoms with van der Waals surface area (Å²) >= 11 is 0. The van der Waals surface area contributed by atoms with E-state index in [-0.39, 0.29) is 17.7 Å². The van der Waals surface area contributed by atoms with Crippen molar-refractivity contribution in [3.63, 3.8) is 0 Å². The van der Waals surface area contributed by atoms with Gasteiger partial charge in [0.15, 0.2) is 0 Å². The minimum absolute atomic E-state index is 0.0557. The lowest BCUT2D eigenvalue weighted by Crippen LogP contribution is -2.43. The van der Waals surface area contributed by atoms with Crippen LogP contribution in [0.1, 0.15) is 36.0 Å². The molecule has 4 rings (SSSR count). The summed E-state index contributed by atoms with van der Waals surface area (Å²) in [6.07, 6.45) is 3.74. The molecule has 4 heteroatoms. The van der Waals surface area contributed by atoms with Crippen molar-refractivity contribution in [2.45, 2.75) is 31.7 Å². The van der Waals surface area contributed by atoms with Crippen molar-refractivity contribution in [1.29, 1.82) is 0 Å². The zero-order valence-corrected chi connectivity index (χ0v) is 14.9. The second-order valence-corrected chi connectivity index (χ2v) is 7.29. The predicted molar refractivity (Wildman–Crippen MR) is 102 cm³/mol. The Labute approximate surface area is 154 Å². The van der Waals surface area contributed by atoms with Crippen LogP contribution in [0.25, 0.3) is 11.1 Å². The van der Waals surface area contributed by atoms with Gasteiger partial charge in [0.1, 0.15) is 0 Å². The fourth-order valence-electron chi connectivity index (χ4n) is 3.51. The van der Waals surface area contributed by atoms with E-state index in [2.05, 4.69) is 17.4 Å². The summed E-state index contributed by atoms with van der Waals surface area (Å²) in [4.78, 5) is 26.8. The lowest BCUT2D eigenvalue weighted by Gasteiger charge is -2.31. The second-order valence-electron chi connectivity index (χ2n) is 7.29. The van der Waals surface area contributed by atoms with E-state index in [0.29, 0.717) is 24.7 Å². The van der Waals surface area contributed by atoms with Gasteiger partial charge in [0, 0.05) is 30.6 Å². The van der Waals surface area contributed by atoms with E-state index in [4.69, 9.17) is 0 Å². The van der Waals surface area contributed by atoms with Crippen LogP contribution in [-0.4, -0.2) is 35.8 Å². The molecule has 0 bridgehead atoms. The van der Waals surface area contributed by atoms with Gasteiger partial charge in [-0.25, -0.2) is 0 Å². The Hall–Kier alpha value is -2.62. The molecule has 26 heavy (non-hydrogen) atoms. The Kier molecular flexibility index (Phi) is 4.74. The van der Waals surface area contributed by atoms with Crippen molar-refractivity contribution in [2.24, 2.45) is 5.92 Å². The third-order valence-electron chi connectivity index (χ3n) is 5.32. The highest BCUT2D eigenvalue weighted by atomic mass is 16.2. The van der Waals surface area contributed by atoms with Gasteiger partial charge in [0.2, 0.25) is 5.91 Å². The average Bonchev–Trinajstić information content (AvgIpc) is 3.52.